The van der Waals surface area contributed by atoms with E-state index in [4.69, 9.17) is 0 Å². The van der Waals surface area contributed by atoms with E-state index in [0.29, 0.717) is 5.13 Å². The fourth-order valence-electron chi connectivity index (χ4n) is 1.32. The minimum atomic E-state index is -0.540. The van der Waals surface area contributed by atoms with Crippen LogP contribution in [0.4, 0.5) is 22.5 Å². The molecule has 0 aliphatic carbocycles. The third-order valence-corrected chi connectivity index (χ3v) is 2.68. The summed E-state index contributed by atoms with van der Waals surface area (Å²) in [6.45, 7) is 0. The summed E-state index contributed by atoms with van der Waals surface area (Å²) in [5.74, 6) is 0.211. The van der Waals surface area contributed by atoms with Crippen molar-refractivity contribution in [2.24, 2.45) is 0 Å². The van der Waals surface area contributed by atoms with Gasteiger partial charge in [0, 0.05) is 25.7 Å². The van der Waals surface area contributed by atoms with Crippen LogP contribution in [0.2, 0.25) is 0 Å². The molecule has 2 heterocycles. The molecule has 2 N–H and O–H groups in total. The zero-order valence-electron chi connectivity index (χ0n) is 10.2. The summed E-state index contributed by atoms with van der Waals surface area (Å²) in [6.07, 6.45) is 2.84. The lowest BCUT2D eigenvalue weighted by atomic mass is 10.4. The molecule has 0 spiro atoms. The number of anilines is 3. The van der Waals surface area contributed by atoms with Crippen LogP contribution in [0.15, 0.2) is 17.9 Å². The first-order chi connectivity index (χ1) is 9.08. The van der Waals surface area contributed by atoms with Crippen LogP contribution >= 0.6 is 11.3 Å². The quantitative estimate of drug-likeness (QED) is 0.626. The first-order valence-electron chi connectivity index (χ1n) is 5.18. The Morgan fingerprint density at radius 1 is 1.32 bits per heavy atom. The first-order valence-corrected chi connectivity index (χ1v) is 6.06. The Hall–Kier alpha value is -2.33. The van der Waals surface area contributed by atoms with Gasteiger partial charge in [0.2, 0.25) is 11.6 Å². The Bertz CT molecular complexity index is 572. The van der Waals surface area contributed by atoms with Crippen LogP contribution in [0.1, 0.15) is 0 Å². The van der Waals surface area contributed by atoms with E-state index >= 15 is 0 Å². The van der Waals surface area contributed by atoms with Crippen molar-refractivity contribution in [3.05, 3.63) is 28.0 Å². The van der Waals surface area contributed by atoms with Gasteiger partial charge in [-0.1, -0.05) is 0 Å². The molecule has 0 radical (unpaired) electrons. The summed E-state index contributed by atoms with van der Waals surface area (Å²) in [7, 11) is 3.42. The van der Waals surface area contributed by atoms with Crippen molar-refractivity contribution in [2.45, 2.75) is 0 Å². The minimum Gasteiger partial charge on any atom is -0.310 e. The molecule has 0 aromatic carbocycles. The summed E-state index contributed by atoms with van der Waals surface area (Å²) in [5.41, 5.74) is 2.53. The molecule has 0 aliphatic rings. The molecule has 0 aliphatic heterocycles. The Labute approximate surface area is 112 Å². The van der Waals surface area contributed by atoms with Crippen LogP contribution in [0.5, 0.6) is 0 Å². The molecule has 0 bridgehead atoms. The first kappa shape index (κ1) is 13.1. The largest absolute Gasteiger partial charge is 0.354 e. The Morgan fingerprint density at radius 3 is 2.63 bits per heavy atom. The SMILES string of the molecule is CN(C)Nc1ncnc(Nc2nccs2)c1[N+](=O)[O-]. The molecule has 19 heavy (non-hydrogen) atoms. The lowest BCUT2D eigenvalue weighted by Gasteiger charge is -2.13. The van der Waals surface area contributed by atoms with E-state index in [1.165, 1.54) is 17.7 Å². The number of nitrogens with zero attached hydrogens (tertiary/aromatic N) is 5. The Morgan fingerprint density at radius 2 is 2.05 bits per heavy atom. The molecule has 0 fully saturated rings. The van der Waals surface area contributed by atoms with Gasteiger partial charge in [-0.25, -0.2) is 20.0 Å². The maximum Gasteiger partial charge on any atom is 0.354 e. The number of aromatic nitrogens is 3. The summed E-state index contributed by atoms with van der Waals surface area (Å²) in [6, 6.07) is 0. The molecular weight excluding hydrogens is 270 g/mol. The second-order valence-corrected chi connectivity index (χ2v) is 4.54. The highest BCUT2D eigenvalue weighted by Crippen LogP contribution is 2.31. The van der Waals surface area contributed by atoms with Crippen LogP contribution in [0.3, 0.4) is 0 Å². The highest BCUT2D eigenvalue weighted by atomic mass is 32.1. The Balaban J connectivity index is 2.39. The molecule has 0 saturated heterocycles. The summed E-state index contributed by atoms with van der Waals surface area (Å²) >= 11 is 1.32. The van der Waals surface area contributed by atoms with Gasteiger partial charge in [-0.05, 0) is 0 Å². The van der Waals surface area contributed by atoms with Gasteiger partial charge in [0.15, 0.2) is 5.13 Å². The monoisotopic (exact) mass is 281 g/mol. The van der Waals surface area contributed by atoms with Crippen LogP contribution in [-0.2, 0) is 0 Å². The van der Waals surface area contributed by atoms with Crippen LogP contribution in [-0.4, -0.2) is 39.0 Å². The number of hydrazine groups is 1. The van der Waals surface area contributed by atoms with E-state index in [2.05, 4.69) is 25.7 Å². The van der Waals surface area contributed by atoms with Gasteiger partial charge in [0.25, 0.3) is 0 Å². The fraction of sp³-hybridized carbons (Fsp3) is 0.222. The third kappa shape index (κ3) is 3.11. The normalized spacial score (nSPS) is 10.5. The second-order valence-electron chi connectivity index (χ2n) is 3.65. The zero-order chi connectivity index (χ0) is 13.8. The standard InChI is InChI=1S/C9H11N7O2S/c1-15(2)14-8-6(16(17)18)7(11-5-12-8)13-9-10-3-4-19-9/h3-5H,1-2H3,(H2,10,11,12,13,14). The third-order valence-electron chi connectivity index (χ3n) is 1.99. The highest BCUT2D eigenvalue weighted by Gasteiger charge is 2.23. The van der Waals surface area contributed by atoms with E-state index in [-0.39, 0.29) is 17.3 Å². The molecule has 0 saturated carbocycles. The molecule has 100 valence electrons. The number of nitro groups is 1. The number of rotatable bonds is 5. The molecule has 10 heteroatoms. The summed E-state index contributed by atoms with van der Waals surface area (Å²) in [5, 5.41) is 17.8. The molecule has 0 amide bonds. The number of thiazole rings is 1. The van der Waals surface area contributed by atoms with E-state index in [1.807, 2.05) is 0 Å². The maximum absolute atomic E-state index is 11.2. The molecule has 2 aromatic rings. The molecule has 2 rings (SSSR count). The van der Waals surface area contributed by atoms with Gasteiger partial charge in [0.1, 0.15) is 6.33 Å². The summed E-state index contributed by atoms with van der Waals surface area (Å²) < 4.78 is 0. The topological polar surface area (TPSA) is 109 Å². The van der Waals surface area contributed by atoms with Gasteiger partial charge in [-0.3, -0.25) is 15.5 Å². The lowest BCUT2D eigenvalue weighted by Crippen LogP contribution is -2.21. The highest BCUT2D eigenvalue weighted by molar-refractivity contribution is 7.13. The molecule has 9 nitrogen and oxygen atoms in total. The molecule has 0 unspecified atom stereocenters. The average Bonchev–Trinajstić information content (AvgIpc) is 2.80. The van der Waals surface area contributed by atoms with Crippen molar-refractivity contribution in [1.82, 2.24) is 20.0 Å². The predicted molar refractivity (Wildman–Crippen MR) is 71.4 cm³/mol. The second kappa shape index (κ2) is 5.54. The number of hydrogen-bond acceptors (Lipinski definition) is 9. The Kier molecular flexibility index (Phi) is 3.82. The van der Waals surface area contributed by atoms with Gasteiger partial charge in [0.05, 0.1) is 4.92 Å². The molecule has 2 aromatic heterocycles. The molecule has 0 atom stereocenters. The van der Waals surface area contributed by atoms with Gasteiger partial charge >= 0.3 is 5.69 Å². The van der Waals surface area contributed by atoms with Crippen LogP contribution in [0, 0.1) is 10.1 Å². The van der Waals surface area contributed by atoms with Crippen LogP contribution < -0.4 is 10.7 Å². The van der Waals surface area contributed by atoms with E-state index in [1.54, 1.807) is 30.7 Å². The average molecular weight is 281 g/mol. The van der Waals surface area contributed by atoms with Gasteiger partial charge in [-0.2, -0.15) is 0 Å². The predicted octanol–water partition coefficient (Wildman–Crippen LogP) is 1.47. The number of hydrogen-bond donors (Lipinski definition) is 2. The smallest absolute Gasteiger partial charge is 0.310 e. The van der Waals surface area contributed by atoms with Crippen LogP contribution in [0.25, 0.3) is 0 Å². The maximum atomic E-state index is 11.2. The molecular formula is C9H11N7O2S. The zero-order valence-corrected chi connectivity index (χ0v) is 11.0. The van der Waals surface area contributed by atoms with E-state index in [9.17, 15) is 10.1 Å². The van der Waals surface area contributed by atoms with Crippen molar-refractivity contribution in [3.63, 3.8) is 0 Å². The van der Waals surface area contributed by atoms with E-state index in [0.717, 1.165) is 0 Å². The fourth-order valence-corrected chi connectivity index (χ4v) is 1.85. The van der Waals surface area contributed by atoms with Crippen molar-refractivity contribution in [1.29, 1.82) is 0 Å². The van der Waals surface area contributed by atoms with Crippen molar-refractivity contribution < 1.29 is 4.92 Å². The number of nitrogens with one attached hydrogen (secondary N) is 2. The minimum absolute atomic E-state index is 0.0966. The van der Waals surface area contributed by atoms with Crippen molar-refractivity contribution >= 4 is 33.8 Å². The van der Waals surface area contributed by atoms with Gasteiger partial charge in [-0.15, -0.1) is 11.3 Å². The summed E-state index contributed by atoms with van der Waals surface area (Å²) in [4.78, 5) is 22.4. The van der Waals surface area contributed by atoms with Gasteiger partial charge < -0.3 is 5.32 Å². The van der Waals surface area contributed by atoms with Crippen molar-refractivity contribution in [2.75, 3.05) is 24.8 Å². The van der Waals surface area contributed by atoms with E-state index < -0.39 is 4.92 Å². The van der Waals surface area contributed by atoms with Crippen molar-refractivity contribution in [3.8, 4) is 0 Å². The lowest BCUT2D eigenvalue weighted by molar-refractivity contribution is -0.383.